The van der Waals surface area contributed by atoms with Crippen molar-refractivity contribution < 1.29 is 9.90 Å². The third-order valence-corrected chi connectivity index (χ3v) is 3.58. The van der Waals surface area contributed by atoms with Gasteiger partial charge in [-0.15, -0.1) is 0 Å². The minimum absolute atomic E-state index is 0.251. The zero-order valence-corrected chi connectivity index (χ0v) is 11.4. The maximum atomic E-state index is 10.6. The molecule has 0 aliphatic heterocycles. The normalized spacial score (nSPS) is 10.7. The number of halogens is 1. The van der Waals surface area contributed by atoms with Crippen LogP contribution in [0.3, 0.4) is 0 Å². The molecule has 0 atom stereocenters. The number of nitrogens with one attached hydrogen (secondary N) is 1. The molecule has 0 radical (unpaired) electrons. The SMILES string of the molecule is O=C(O)Nc1nc2ncc(-c3ccc(Cl)cc3)nc2s1. The first-order valence-electron chi connectivity index (χ1n) is 5.51. The predicted octanol–water partition coefficient (Wildman–Crippen LogP) is 3.50. The van der Waals surface area contributed by atoms with Crippen LogP contribution in [0.15, 0.2) is 30.5 Å². The Bertz CT molecular complexity index is 788. The number of hydrogen-bond donors (Lipinski definition) is 2. The number of hydrogen-bond acceptors (Lipinski definition) is 5. The van der Waals surface area contributed by atoms with Gasteiger partial charge < -0.3 is 5.11 Å². The molecule has 2 heterocycles. The summed E-state index contributed by atoms with van der Waals surface area (Å²) in [5.41, 5.74) is 1.97. The van der Waals surface area contributed by atoms with E-state index in [2.05, 4.69) is 20.3 Å². The molecule has 0 saturated heterocycles. The molecule has 0 unspecified atom stereocenters. The molecule has 2 aromatic heterocycles. The Morgan fingerprint density at radius 2 is 2.00 bits per heavy atom. The highest BCUT2D eigenvalue weighted by atomic mass is 35.5. The van der Waals surface area contributed by atoms with Crippen molar-refractivity contribution in [1.29, 1.82) is 0 Å². The second-order valence-corrected chi connectivity index (χ2v) is 5.25. The molecule has 0 aliphatic carbocycles. The lowest BCUT2D eigenvalue weighted by Gasteiger charge is -1.99. The van der Waals surface area contributed by atoms with Crippen molar-refractivity contribution in [1.82, 2.24) is 15.0 Å². The largest absolute Gasteiger partial charge is 0.465 e. The summed E-state index contributed by atoms with van der Waals surface area (Å²) in [6.07, 6.45) is 0.428. The summed E-state index contributed by atoms with van der Waals surface area (Å²) in [5, 5.41) is 11.7. The van der Waals surface area contributed by atoms with Crippen LogP contribution in [0.2, 0.25) is 5.02 Å². The van der Waals surface area contributed by atoms with Crippen molar-refractivity contribution in [3.05, 3.63) is 35.5 Å². The highest BCUT2D eigenvalue weighted by molar-refractivity contribution is 7.21. The smallest absolute Gasteiger partial charge is 0.410 e. The van der Waals surface area contributed by atoms with Crippen molar-refractivity contribution >= 4 is 44.6 Å². The average Bonchev–Trinajstić information content (AvgIpc) is 2.79. The summed E-state index contributed by atoms with van der Waals surface area (Å²) in [6.45, 7) is 0. The van der Waals surface area contributed by atoms with Crippen LogP contribution >= 0.6 is 22.9 Å². The minimum Gasteiger partial charge on any atom is -0.465 e. The topological polar surface area (TPSA) is 88.0 Å². The lowest BCUT2D eigenvalue weighted by atomic mass is 10.2. The number of aromatic nitrogens is 3. The van der Waals surface area contributed by atoms with E-state index >= 15 is 0 Å². The molecule has 2 N–H and O–H groups in total. The van der Waals surface area contributed by atoms with Crippen molar-refractivity contribution in [2.45, 2.75) is 0 Å². The van der Waals surface area contributed by atoms with E-state index in [1.807, 2.05) is 12.1 Å². The highest BCUT2D eigenvalue weighted by Crippen LogP contribution is 2.26. The van der Waals surface area contributed by atoms with Crippen LogP contribution in [-0.2, 0) is 0 Å². The number of rotatable bonds is 2. The Hall–Kier alpha value is -2.25. The molecule has 1 aromatic carbocycles. The number of fused-ring (bicyclic) bond motifs is 1. The molecule has 1 amide bonds. The van der Waals surface area contributed by atoms with Crippen LogP contribution in [0.5, 0.6) is 0 Å². The van der Waals surface area contributed by atoms with Crippen LogP contribution in [-0.4, -0.2) is 26.2 Å². The van der Waals surface area contributed by atoms with Gasteiger partial charge in [0.1, 0.15) is 0 Å². The van der Waals surface area contributed by atoms with E-state index < -0.39 is 6.09 Å². The van der Waals surface area contributed by atoms with Gasteiger partial charge in [-0.3, -0.25) is 5.32 Å². The number of nitrogens with zero attached hydrogens (tertiary/aromatic N) is 3. The Labute approximate surface area is 122 Å². The Kier molecular flexibility index (Phi) is 3.21. The van der Waals surface area contributed by atoms with Crippen molar-refractivity contribution in [2.24, 2.45) is 0 Å². The molecule has 0 aliphatic rings. The lowest BCUT2D eigenvalue weighted by molar-refractivity contribution is 0.210. The summed E-state index contributed by atoms with van der Waals surface area (Å²) >= 11 is 6.97. The zero-order valence-electron chi connectivity index (χ0n) is 9.87. The monoisotopic (exact) mass is 306 g/mol. The van der Waals surface area contributed by atoms with E-state index in [0.717, 1.165) is 16.9 Å². The van der Waals surface area contributed by atoms with Crippen molar-refractivity contribution in [3.63, 3.8) is 0 Å². The minimum atomic E-state index is -1.16. The van der Waals surface area contributed by atoms with Gasteiger partial charge in [-0.05, 0) is 12.1 Å². The van der Waals surface area contributed by atoms with Gasteiger partial charge in [-0.25, -0.2) is 14.8 Å². The second-order valence-electron chi connectivity index (χ2n) is 3.84. The van der Waals surface area contributed by atoms with Crippen molar-refractivity contribution in [2.75, 3.05) is 5.32 Å². The third kappa shape index (κ3) is 2.54. The fourth-order valence-electron chi connectivity index (χ4n) is 1.63. The molecule has 0 fully saturated rings. The van der Waals surface area contributed by atoms with E-state index in [0.29, 0.717) is 21.2 Å². The van der Waals surface area contributed by atoms with E-state index in [9.17, 15) is 4.79 Å². The predicted molar refractivity (Wildman–Crippen MR) is 77.3 cm³/mol. The number of carbonyl (C=O) groups is 1. The van der Waals surface area contributed by atoms with Crippen LogP contribution in [0.1, 0.15) is 0 Å². The van der Waals surface area contributed by atoms with Gasteiger partial charge in [-0.1, -0.05) is 35.1 Å². The molecule has 0 saturated carbocycles. The van der Waals surface area contributed by atoms with Gasteiger partial charge in [0.15, 0.2) is 15.6 Å². The maximum Gasteiger partial charge on any atom is 0.410 e. The molecule has 0 spiro atoms. The first-order chi connectivity index (χ1) is 9.61. The summed E-state index contributed by atoms with van der Waals surface area (Å²) in [5.74, 6) is 0. The molecule has 8 heteroatoms. The van der Waals surface area contributed by atoms with Crippen LogP contribution < -0.4 is 5.32 Å². The van der Waals surface area contributed by atoms with Crippen LogP contribution in [0, 0.1) is 0 Å². The molecule has 20 heavy (non-hydrogen) atoms. The van der Waals surface area contributed by atoms with E-state index in [-0.39, 0.29) is 5.13 Å². The van der Waals surface area contributed by atoms with Crippen LogP contribution in [0.4, 0.5) is 9.93 Å². The average molecular weight is 307 g/mol. The number of thiazole rings is 1. The fraction of sp³-hybridized carbons (Fsp3) is 0. The van der Waals surface area contributed by atoms with E-state index in [1.165, 1.54) is 0 Å². The van der Waals surface area contributed by atoms with E-state index in [4.69, 9.17) is 16.7 Å². The number of amides is 1. The van der Waals surface area contributed by atoms with Gasteiger partial charge >= 0.3 is 6.09 Å². The van der Waals surface area contributed by atoms with Gasteiger partial charge in [0, 0.05) is 10.6 Å². The molecule has 100 valence electrons. The van der Waals surface area contributed by atoms with Crippen LogP contribution in [0.25, 0.3) is 21.7 Å². The van der Waals surface area contributed by atoms with Crippen molar-refractivity contribution in [3.8, 4) is 11.3 Å². The summed E-state index contributed by atoms with van der Waals surface area (Å²) in [4.78, 5) is 23.8. The maximum absolute atomic E-state index is 10.6. The Morgan fingerprint density at radius 3 is 2.70 bits per heavy atom. The second kappa shape index (κ2) is 5.03. The zero-order chi connectivity index (χ0) is 14.1. The number of anilines is 1. The highest BCUT2D eigenvalue weighted by Gasteiger charge is 2.10. The Balaban J connectivity index is 2.01. The van der Waals surface area contributed by atoms with Gasteiger partial charge in [0.05, 0.1) is 11.9 Å². The summed E-state index contributed by atoms with van der Waals surface area (Å²) in [7, 11) is 0. The molecule has 3 aromatic rings. The first kappa shape index (κ1) is 12.8. The standard InChI is InChI=1S/C12H7ClN4O2S/c13-7-3-1-6(2-4-7)8-5-14-9-10(15-8)20-11(16-9)17-12(18)19/h1-5H,(H,18,19)(H,14,16,17). The number of carboxylic acid groups (broad SMARTS) is 1. The van der Waals surface area contributed by atoms with Gasteiger partial charge in [0.2, 0.25) is 0 Å². The van der Waals surface area contributed by atoms with Gasteiger partial charge in [0.25, 0.3) is 0 Å². The Morgan fingerprint density at radius 1 is 1.25 bits per heavy atom. The summed E-state index contributed by atoms with van der Waals surface area (Å²) in [6, 6.07) is 7.23. The quantitative estimate of drug-likeness (QED) is 0.756. The van der Waals surface area contributed by atoms with E-state index in [1.54, 1.807) is 18.3 Å². The van der Waals surface area contributed by atoms with Gasteiger partial charge in [-0.2, -0.15) is 4.98 Å². The molecular weight excluding hydrogens is 300 g/mol. The first-order valence-corrected chi connectivity index (χ1v) is 6.71. The third-order valence-electron chi connectivity index (χ3n) is 2.48. The molecule has 0 bridgehead atoms. The lowest BCUT2D eigenvalue weighted by Crippen LogP contribution is -2.06. The molecular formula is C12H7ClN4O2S. The molecule has 6 nitrogen and oxygen atoms in total. The molecule has 3 rings (SSSR count). The summed E-state index contributed by atoms with van der Waals surface area (Å²) < 4.78 is 0. The fourth-order valence-corrected chi connectivity index (χ4v) is 2.54. The number of benzene rings is 1.